The van der Waals surface area contributed by atoms with Gasteiger partial charge in [0.2, 0.25) is 5.96 Å². The molecule has 20 heavy (non-hydrogen) atoms. The molecule has 0 atom stereocenters. The van der Waals surface area contributed by atoms with Gasteiger partial charge >= 0.3 is 6.09 Å². The molecule has 1 aliphatic heterocycles. The summed E-state index contributed by atoms with van der Waals surface area (Å²) in [6.07, 6.45) is 0.361. The van der Waals surface area contributed by atoms with E-state index in [0.717, 1.165) is 6.42 Å². The highest BCUT2D eigenvalue weighted by molar-refractivity contribution is 5.95. The van der Waals surface area contributed by atoms with Crippen molar-refractivity contribution >= 4 is 17.7 Å². The van der Waals surface area contributed by atoms with Crippen molar-refractivity contribution in [2.24, 2.45) is 4.99 Å². The SMILES string of the molecule is CCOC(=O)N1CCCN=C1NNc1ccc(F)cc1. The third kappa shape index (κ3) is 3.59. The number of halogens is 1. The van der Waals surface area contributed by atoms with Gasteiger partial charge < -0.3 is 4.74 Å². The number of rotatable bonds is 3. The number of ether oxygens (including phenoxy) is 1. The Hall–Kier alpha value is -2.31. The van der Waals surface area contributed by atoms with Crippen LogP contribution in [0.25, 0.3) is 0 Å². The number of guanidine groups is 1. The van der Waals surface area contributed by atoms with Gasteiger partial charge in [-0.25, -0.2) is 14.1 Å². The zero-order valence-electron chi connectivity index (χ0n) is 11.2. The van der Waals surface area contributed by atoms with Crippen molar-refractivity contribution in [1.29, 1.82) is 0 Å². The molecule has 0 bridgehead atoms. The molecule has 0 aliphatic carbocycles. The van der Waals surface area contributed by atoms with E-state index >= 15 is 0 Å². The first-order valence-corrected chi connectivity index (χ1v) is 6.47. The molecule has 0 saturated carbocycles. The van der Waals surface area contributed by atoms with Crippen molar-refractivity contribution in [3.63, 3.8) is 0 Å². The Morgan fingerprint density at radius 1 is 1.40 bits per heavy atom. The number of anilines is 1. The fourth-order valence-electron chi connectivity index (χ4n) is 1.75. The third-order valence-corrected chi connectivity index (χ3v) is 2.71. The molecule has 0 radical (unpaired) electrons. The predicted molar refractivity (Wildman–Crippen MR) is 73.8 cm³/mol. The van der Waals surface area contributed by atoms with E-state index in [9.17, 15) is 9.18 Å². The first-order valence-electron chi connectivity index (χ1n) is 6.47. The number of hydrazine groups is 1. The molecule has 7 heteroatoms. The van der Waals surface area contributed by atoms with Gasteiger partial charge in [0, 0.05) is 13.1 Å². The lowest BCUT2D eigenvalue weighted by Gasteiger charge is -2.27. The molecule has 2 rings (SSSR count). The van der Waals surface area contributed by atoms with Crippen molar-refractivity contribution in [2.45, 2.75) is 13.3 Å². The van der Waals surface area contributed by atoms with Crippen LogP contribution in [0.4, 0.5) is 14.9 Å². The first kappa shape index (κ1) is 14.1. The highest BCUT2D eigenvalue weighted by atomic mass is 19.1. The Morgan fingerprint density at radius 2 is 2.15 bits per heavy atom. The van der Waals surface area contributed by atoms with Crippen LogP contribution in [-0.2, 0) is 4.74 Å². The third-order valence-electron chi connectivity index (χ3n) is 2.71. The molecule has 6 nitrogen and oxygen atoms in total. The molecule has 0 aromatic heterocycles. The summed E-state index contributed by atoms with van der Waals surface area (Å²) in [6, 6.07) is 5.85. The summed E-state index contributed by atoms with van der Waals surface area (Å²) < 4.78 is 17.8. The molecule has 1 aromatic rings. The highest BCUT2D eigenvalue weighted by Crippen LogP contribution is 2.08. The van der Waals surface area contributed by atoms with E-state index in [4.69, 9.17) is 4.74 Å². The molecule has 0 spiro atoms. The van der Waals surface area contributed by atoms with Crippen molar-refractivity contribution in [3.8, 4) is 0 Å². The van der Waals surface area contributed by atoms with Gasteiger partial charge in [0.25, 0.3) is 0 Å². The van der Waals surface area contributed by atoms with Crippen LogP contribution < -0.4 is 10.9 Å². The van der Waals surface area contributed by atoms with Gasteiger partial charge in [0.15, 0.2) is 0 Å². The standard InChI is InChI=1S/C13H17FN4O2/c1-2-20-13(19)18-9-3-8-15-12(18)17-16-11-6-4-10(14)5-7-11/h4-7,16H,2-3,8-9H2,1H3,(H,15,17). The van der Waals surface area contributed by atoms with E-state index in [1.807, 2.05) is 0 Å². The minimum atomic E-state index is -0.431. The number of hydrogen-bond acceptors (Lipinski definition) is 5. The van der Waals surface area contributed by atoms with Crippen LogP contribution in [0.15, 0.2) is 29.3 Å². The molecule has 1 amide bonds. The van der Waals surface area contributed by atoms with Gasteiger partial charge in [0.1, 0.15) is 5.82 Å². The van der Waals surface area contributed by atoms with E-state index in [-0.39, 0.29) is 5.82 Å². The van der Waals surface area contributed by atoms with E-state index in [1.165, 1.54) is 17.0 Å². The van der Waals surface area contributed by atoms with E-state index in [2.05, 4.69) is 15.8 Å². The molecule has 0 unspecified atom stereocenters. The Balaban J connectivity index is 1.97. The Morgan fingerprint density at radius 3 is 2.85 bits per heavy atom. The number of nitrogens with one attached hydrogen (secondary N) is 2. The highest BCUT2D eigenvalue weighted by Gasteiger charge is 2.23. The average Bonchev–Trinajstić information content (AvgIpc) is 2.47. The van der Waals surface area contributed by atoms with Crippen molar-refractivity contribution in [3.05, 3.63) is 30.1 Å². The van der Waals surface area contributed by atoms with Crippen molar-refractivity contribution in [2.75, 3.05) is 25.1 Å². The largest absolute Gasteiger partial charge is 0.449 e. The minimum Gasteiger partial charge on any atom is -0.449 e. The zero-order valence-corrected chi connectivity index (χ0v) is 11.2. The van der Waals surface area contributed by atoms with Gasteiger partial charge in [-0.05, 0) is 37.6 Å². The van der Waals surface area contributed by atoms with Crippen LogP contribution in [-0.4, -0.2) is 36.6 Å². The maximum atomic E-state index is 12.8. The van der Waals surface area contributed by atoms with Crippen LogP contribution in [0.2, 0.25) is 0 Å². The first-order chi connectivity index (χ1) is 9.70. The molecule has 1 aliphatic rings. The summed E-state index contributed by atoms with van der Waals surface area (Å²) in [6.45, 7) is 3.26. The Kier molecular flexibility index (Phi) is 4.75. The van der Waals surface area contributed by atoms with Gasteiger partial charge in [-0.2, -0.15) is 0 Å². The number of aliphatic imine (C=N–C) groups is 1. The number of benzene rings is 1. The lowest BCUT2D eigenvalue weighted by molar-refractivity contribution is 0.125. The quantitative estimate of drug-likeness (QED) is 0.831. The summed E-state index contributed by atoms with van der Waals surface area (Å²) in [5.41, 5.74) is 6.39. The van der Waals surface area contributed by atoms with Gasteiger partial charge in [-0.1, -0.05) is 0 Å². The number of amides is 1. The number of carbonyl (C=O) groups is 1. The molecule has 108 valence electrons. The van der Waals surface area contributed by atoms with Crippen LogP contribution >= 0.6 is 0 Å². The monoisotopic (exact) mass is 280 g/mol. The molecule has 2 N–H and O–H groups in total. The van der Waals surface area contributed by atoms with Crippen molar-refractivity contribution in [1.82, 2.24) is 10.3 Å². The zero-order chi connectivity index (χ0) is 14.4. The second-order valence-electron chi connectivity index (χ2n) is 4.17. The molecule has 0 fully saturated rings. The molecule has 0 saturated heterocycles. The van der Waals surface area contributed by atoms with Gasteiger partial charge in [0.05, 0.1) is 12.3 Å². The molecular weight excluding hydrogens is 263 g/mol. The second kappa shape index (κ2) is 6.74. The summed E-state index contributed by atoms with van der Waals surface area (Å²) in [7, 11) is 0. The summed E-state index contributed by atoms with van der Waals surface area (Å²) >= 11 is 0. The fraction of sp³-hybridized carbons (Fsp3) is 0.385. The summed E-state index contributed by atoms with van der Waals surface area (Å²) in [5, 5.41) is 0. The smallest absolute Gasteiger partial charge is 0.416 e. The van der Waals surface area contributed by atoms with Crippen molar-refractivity contribution < 1.29 is 13.9 Å². The van der Waals surface area contributed by atoms with Crippen LogP contribution in [0.5, 0.6) is 0 Å². The predicted octanol–water partition coefficient (Wildman–Crippen LogP) is 1.96. The average molecular weight is 280 g/mol. The van der Waals surface area contributed by atoms with Gasteiger partial charge in [-0.15, -0.1) is 0 Å². The lowest BCUT2D eigenvalue weighted by atomic mass is 10.3. The van der Waals surface area contributed by atoms with E-state index in [0.29, 0.717) is 31.3 Å². The Bertz CT molecular complexity index is 490. The number of nitrogens with zero attached hydrogens (tertiary/aromatic N) is 2. The number of carbonyl (C=O) groups excluding carboxylic acids is 1. The van der Waals surface area contributed by atoms with Crippen LogP contribution in [0.1, 0.15) is 13.3 Å². The maximum absolute atomic E-state index is 12.8. The number of hydrogen-bond donors (Lipinski definition) is 2. The second-order valence-corrected chi connectivity index (χ2v) is 4.17. The van der Waals surface area contributed by atoms with E-state index < -0.39 is 6.09 Å². The molecular formula is C13H17FN4O2. The summed E-state index contributed by atoms with van der Waals surface area (Å²) in [5.74, 6) is 0.0951. The molecule has 1 aromatic carbocycles. The minimum absolute atomic E-state index is 0.307. The fourth-order valence-corrected chi connectivity index (χ4v) is 1.75. The normalized spacial score (nSPS) is 14.5. The topological polar surface area (TPSA) is 66.0 Å². The van der Waals surface area contributed by atoms with E-state index in [1.54, 1.807) is 19.1 Å². The maximum Gasteiger partial charge on any atom is 0.416 e. The van der Waals surface area contributed by atoms with Crippen LogP contribution in [0.3, 0.4) is 0 Å². The summed E-state index contributed by atoms with van der Waals surface area (Å²) in [4.78, 5) is 17.4. The molecule has 1 heterocycles. The lowest BCUT2D eigenvalue weighted by Crippen LogP contribution is -2.49. The van der Waals surface area contributed by atoms with Gasteiger partial charge in [-0.3, -0.25) is 15.8 Å². The Labute approximate surface area is 116 Å². The van der Waals surface area contributed by atoms with Crippen LogP contribution in [0, 0.1) is 5.82 Å².